The summed E-state index contributed by atoms with van der Waals surface area (Å²) in [4.78, 5) is 25.2. The lowest BCUT2D eigenvalue weighted by atomic mass is 10.2. The van der Waals surface area contributed by atoms with E-state index in [9.17, 15) is 18.0 Å². The highest BCUT2D eigenvalue weighted by molar-refractivity contribution is 7.92. The molecular formula is C25H20Cl4N2O5S. The van der Waals surface area contributed by atoms with Gasteiger partial charge in [-0.3, -0.25) is 9.10 Å². The fraction of sp³-hybridized carbons (Fsp3) is 0.120. The molecule has 3 aromatic rings. The fourth-order valence-electron chi connectivity index (χ4n) is 3.12. The summed E-state index contributed by atoms with van der Waals surface area (Å²) < 4.78 is 33.2. The Morgan fingerprint density at radius 2 is 1.62 bits per heavy atom. The van der Waals surface area contributed by atoms with Crippen molar-refractivity contribution in [3.63, 3.8) is 0 Å². The Kier molecular flexibility index (Phi) is 9.50. The first kappa shape index (κ1) is 28.8. The predicted octanol–water partition coefficient (Wildman–Crippen LogP) is 6.87. The lowest BCUT2D eigenvalue weighted by Crippen LogP contribution is -2.32. The number of rotatable bonds is 9. The highest BCUT2D eigenvalue weighted by Crippen LogP contribution is 2.29. The zero-order valence-corrected chi connectivity index (χ0v) is 23.1. The van der Waals surface area contributed by atoms with Crippen LogP contribution < -0.4 is 9.62 Å². The minimum Gasteiger partial charge on any atom is -0.449 e. The van der Waals surface area contributed by atoms with Crippen LogP contribution in [-0.4, -0.2) is 32.9 Å². The second kappa shape index (κ2) is 12.2. The van der Waals surface area contributed by atoms with Gasteiger partial charge in [0.15, 0.2) is 6.10 Å². The first-order chi connectivity index (χ1) is 17.4. The Morgan fingerprint density at radius 3 is 2.24 bits per heavy atom. The third-order valence-electron chi connectivity index (χ3n) is 5.00. The molecule has 1 amide bonds. The van der Waals surface area contributed by atoms with Crippen molar-refractivity contribution in [3.8, 4) is 0 Å². The van der Waals surface area contributed by atoms with Crippen molar-refractivity contribution >= 4 is 79.7 Å². The number of hydrogen-bond donors (Lipinski definition) is 1. The molecule has 0 saturated carbocycles. The molecule has 37 heavy (non-hydrogen) atoms. The SMILES string of the molecule is C=CCN(c1ccc(Cl)cc1)S(=O)(=O)c1ccc(Cl)c(C(=O)O[C@@H](C)C(=O)Nc2ccc(Cl)cc2Cl)c1. The molecule has 0 saturated heterocycles. The molecule has 0 aromatic heterocycles. The number of anilines is 2. The summed E-state index contributed by atoms with van der Waals surface area (Å²) in [5.74, 6) is -1.66. The van der Waals surface area contributed by atoms with Gasteiger partial charge in [-0.15, -0.1) is 6.58 Å². The van der Waals surface area contributed by atoms with Gasteiger partial charge < -0.3 is 10.1 Å². The molecule has 0 bridgehead atoms. The zero-order chi connectivity index (χ0) is 27.3. The molecule has 0 aliphatic carbocycles. The van der Waals surface area contributed by atoms with Crippen LogP contribution in [0.5, 0.6) is 0 Å². The number of sulfonamides is 1. The van der Waals surface area contributed by atoms with Gasteiger partial charge in [0.2, 0.25) is 0 Å². The van der Waals surface area contributed by atoms with Crippen molar-refractivity contribution in [3.05, 3.63) is 99.0 Å². The highest BCUT2D eigenvalue weighted by atomic mass is 35.5. The van der Waals surface area contributed by atoms with Crippen molar-refractivity contribution in [2.24, 2.45) is 0 Å². The first-order valence-corrected chi connectivity index (χ1v) is 13.5. The van der Waals surface area contributed by atoms with Crippen LogP contribution in [0.15, 0.2) is 78.2 Å². The third-order valence-corrected chi connectivity index (χ3v) is 7.92. The van der Waals surface area contributed by atoms with E-state index in [0.717, 1.165) is 10.4 Å². The second-order valence-electron chi connectivity index (χ2n) is 7.60. The molecule has 1 N–H and O–H groups in total. The number of amides is 1. The Labute approximate surface area is 234 Å². The lowest BCUT2D eigenvalue weighted by molar-refractivity contribution is -0.123. The van der Waals surface area contributed by atoms with Crippen LogP contribution in [0.3, 0.4) is 0 Å². The normalized spacial score (nSPS) is 11.9. The summed E-state index contributed by atoms with van der Waals surface area (Å²) in [6, 6.07) is 14.3. The van der Waals surface area contributed by atoms with Gasteiger partial charge in [-0.1, -0.05) is 52.5 Å². The van der Waals surface area contributed by atoms with E-state index in [1.165, 1.54) is 43.3 Å². The average Bonchev–Trinajstić information content (AvgIpc) is 2.84. The van der Waals surface area contributed by atoms with Crippen molar-refractivity contribution in [1.29, 1.82) is 0 Å². The van der Waals surface area contributed by atoms with Gasteiger partial charge in [0.25, 0.3) is 15.9 Å². The van der Waals surface area contributed by atoms with E-state index in [1.54, 1.807) is 24.3 Å². The van der Waals surface area contributed by atoms with Crippen LogP contribution >= 0.6 is 46.4 Å². The molecule has 0 unspecified atom stereocenters. The fourth-order valence-corrected chi connectivity index (χ4v) is 5.36. The van der Waals surface area contributed by atoms with E-state index in [4.69, 9.17) is 51.1 Å². The number of esters is 1. The molecule has 0 aliphatic heterocycles. The molecular weight excluding hydrogens is 582 g/mol. The third kappa shape index (κ3) is 6.97. The number of benzene rings is 3. The molecule has 1 atom stereocenters. The summed E-state index contributed by atoms with van der Waals surface area (Å²) in [6.45, 7) is 4.92. The summed E-state index contributed by atoms with van der Waals surface area (Å²) in [7, 11) is -4.15. The first-order valence-electron chi connectivity index (χ1n) is 10.6. The number of halogens is 4. The van der Waals surface area contributed by atoms with Crippen molar-refractivity contribution in [2.45, 2.75) is 17.9 Å². The maximum Gasteiger partial charge on any atom is 0.340 e. The lowest BCUT2D eigenvalue weighted by Gasteiger charge is -2.23. The molecule has 7 nitrogen and oxygen atoms in total. The molecule has 194 valence electrons. The van der Waals surface area contributed by atoms with E-state index in [1.807, 2.05) is 0 Å². The monoisotopic (exact) mass is 600 g/mol. The average molecular weight is 602 g/mol. The number of nitrogens with zero attached hydrogens (tertiary/aromatic N) is 1. The number of carbonyl (C=O) groups is 2. The van der Waals surface area contributed by atoms with E-state index in [0.29, 0.717) is 15.7 Å². The van der Waals surface area contributed by atoms with Gasteiger partial charge >= 0.3 is 5.97 Å². The van der Waals surface area contributed by atoms with Crippen LogP contribution in [0, 0.1) is 0 Å². The molecule has 3 aromatic carbocycles. The number of ether oxygens (including phenoxy) is 1. The Bertz CT molecular complexity index is 1450. The van der Waals surface area contributed by atoms with E-state index in [-0.39, 0.29) is 32.7 Å². The van der Waals surface area contributed by atoms with Crippen molar-refractivity contribution in [1.82, 2.24) is 0 Å². The summed E-state index contributed by atoms with van der Waals surface area (Å²) >= 11 is 24.0. The summed E-state index contributed by atoms with van der Waals surface area (Å²) in [5.41, 5.74) is 0.380. The van der Waals surface area contributed by atoms with Crippen LogP contribution in [0.1, 0.15) is 17.3 Å². The Balaban J connectivity index is 1.84. The van der Waals surface area contributed by atoms with Gasteiger partial charge in [0.1, 0.15) is 0 Å². The minimum absolute atomic E-state index is 0.0448. The highest BCUT2D eigenvalue weighted by Gasteiger charge is 2.27. The molecule has 0 aliphatic rings. The van der Waals surface area contributed by atoms with E-state index < -0.39 is 28.0 Å². The maximum atomic E-state index is 13.4. The summed E-state index contributed by atoms with van der Waals surface area (Å²) in [6.07, 6.45) is 0.159. The van der Waals surface area contributed by atoms with Crippen molar-refractivity contribution < 1.29 is 22.7 Å². The summed E-state index contributed by atoms with van der Waals surface area (Å²) in [5, 5.41) is 3.50. The number of nitrogens with one attached hydrogen (secondary N) is 1. The van der Waals surface area contributed by atoms with E-state index >= 15 is 0 Å². The van der Waals surface area contributed by atoms with Gasteiger partial charge in [0.05, 0.1) is 38.4 Å². The van der Waals surface area contributed by atoms with Crippen molar-refractivity contribution in [2.75, 3.05) is 16.2 Å². The molecule has 0 fully saturated rings. The van der Waals surface area contributed by atoms with Gasteiger partial charge in [-0.05, 0) is 67.6 Å². The van der Waals surface area contributed by atoms with Gasteiger partial charge in [-0.2, -0.15) is 0 Å². The Morgan fingerprint density at radius 1 is 0.973 bits per heavy atom. The maximum absolute atomic E-state index is 13.4. The molecule has 12 heteroatoms. The van der Waals surface area contributed by atoms with E-state index in [2.05, 4.69) is 11.9 Å². The van der Waals surface area contributed by atoms with Gasteiger partial charge in [-0.25, -0.2) is 13.2 Å². The molecule has 0 spiro atoms. The molecule has 0 heterocycles. The smallest absolute Gasteiger partial charge is 0.340 e. The number of carbonyl (C=O) groups excluding carboxylic acids is 2. The standard InChI is InChI=1S/C25H20Cl4N2O5S/c1-3-12-31(18-7-4-16(26)5-8-18)37(34,35)19-9-10-21(28)20(14-19)25(33)36-15(2)24(32)30-23-11-6-17(27)13-22(23)29/h3-11,13-15H,1,12H2,2H3,(H,30,32)/t15-/m0/s1. The van der Waals surface area contributed by atoms with Gasteiger partial charge in [0, 0.05) is 10.0 Å². The molecule has 0 radical (unpaired) electrons. The van der Waals surface area contributed by atoms with Crippen LogP contribution in [-0.2, 0) is 19.6 Å². The molecule has 3 rings (SSSR count). The second-order valence-corrected chi connectivity index (χ2v) is 11.2. The van der Waals surface area contributed by atoms with Crippen LogP contribution in [0.2, 0.25) is 20.1 Å². The van der Waals surface area contributed by atoms with Crippen LogP contribution in [0.25, 0.3) is 0 Å². The Hall–Kier alpha value is -2.75. The number of hydrogen-bond acceptors (Lipinski definition) is 5. The largest absolute Gasteiger partial charge is 0.449 e. The van der Waals surface area contributed by atoms with Crippen LogP contribution in [0.4, 0.5) is 11.4 Å². The predicted molar refractivity (Wildman–Crippen MR) is 148 cm³/mol. The zero-order valence-electron chi connectivity index (χ0n) is 19.3. The minimum atomic E-state index is -4.15. The topological polar surface area (TPSA) is 92.8 Å². The quantitative estimate of drug-likeness (QED) is 0.213.